The molecule has 0 bridgehead atoms. The molecule has 0 spiro atoms. The van der Waals surface area contributed by atoms with Crippen LogP contribution in [0, 0.1) is 5.92 Å². The van der Waals surface area contributed by atoms with E-state index in [4.69, 9.17) is 0 Å². The topological polar surface area (TPSA) is 36.1 Å². The Balaban J connectivity index is 1.58. The molecular formula is C19H20N2O. The number of aromatic amines is 1. The van der Waals surface area contributed by atoms with Crippen molar-refractivity contribution >= 4 is 16.7 Å². The monoisotopic (exact) mass is 292 g/mol. The molecule has 1 N–H and O–H groups in total. The van der Waals surface area contributed by atoms with Gasteiger partial charge in [-0.1, -0.05) is 23.8 Å². The van der Waals surface area contributed by atoms with Crippen molar-refractivity contribution in [1.82, 2.24) is 9.88 Å². The van der Waals surface area contributed by atoms with Crippen molar-refractivity contribution in [2.75, 3.05) is 6.54 Å². The Morgan fingerprint density at radius 2 is 2.09 bits per heavy atom. The van der Waals surface area contributed by atoms with Crippen molar-refractivity contribution in [3.8, 4) is 0 Å². The third kappa shape index (κ3) is 1.75. The Labute approximate surface area is 130 Å². The zero-order valence-electron chi connectivity index (χ0n) is 12.6. The molecule has 112 valence electrons. The van der Waals surface area contributed by atoms with E-state index in [0.29, 0.717) is 17.7 Å². The smallest absolute Gasteiger partial charge is 0.155 e. The van der Waals surface area contributed by atoms with Crippen LogP contribution in [0.15, 0.2) is 35.9 Å². The van der Waals surface area contributed by atoms with Gasteiger partial charge in [-0.25, -0.2) is 0 Å². The number of nitrogens with zero attached hydrogens (tertiary/aromatic N) is 1. The van der Waals surface area contributed by atoms with Crippen molar-refractivity contribution in [3.63, 3.8) is 0 Å². The number of H-pyrrole nitrogens is 1. The molecule has 22 heavy (non-hydrogen) atoms. The maximum atomic E-state index is 11.7. The van der Waals surface area contributed by atoms with Crippen LogP contribution in [0.1, 0.15) is 30.5 Å². The van der Waals surface area contributed by atoms with Gasteiger partial charge in [0, 0.05) is 42.1 Å². The van der Waals surface area contributed by atoms with Gasteiger partial charge >= 0.3 is 0 Å². The van der Waals surface area contributed by atoms with Gasteiger partial charge in [0.2, 0.25) is 0 Å². The molecule has 2 aliphatic heterocycles. The number of benzene rings is 1. The average molecular weight is 292 g/mol. The number of allylic oxidation sites excluding steroid dienone is 1. The van der Waals surface area contributed by atoms with Crippen molar-refractivity contribution in [2.45, 2.75) is 38.3 Å². The highest BCUT2D eigenvalue weighted by molar-refractivity contribution is 5.91. The van der Waals surface area contributed by atoms with E-state index in [1.54, 1.807) is 0 Å². The second-order valence-electron chi connectivity index (χ2n) is 6.95. The van der Waals surface area contributed by atoms with E-state index >= 15 is 0 Å². The lowest BCUT2D eigenvalue weighted by Gasteiger charge is -2.46. The zero-order chi connectivity index (χ0) is 14.7. The summed E-state index contributed by atoms with van der Waals surface area (Å²) in [5, 5.41) is 1.39. The maximum Gasteiger partial charge on any atom is 0.155 e. The molecule has 2 aromatic rings. The number of nitrogens with one attached hydrogen (secondary N) is 1. The van der Waals surface area contributed by atoms with E-state index in [0.717, 1.165) is 38.8 Å². The van der Waals surface area contributed by atoms with Crippen molar-refractivity contribution in [2.24, 2.45) is 5.92 Å². The number of hydrogen-bond acceptors (Lipinski definition) is 2. The minimum absolute atomic E-state index is 0.336. The van der Waals surface area contributed by atoms with E-state index in [2.05, 4.69) is 34.1 Å². The number of aromatic nitrogens is 1. The highest BCUT2D eigenvalue weighted by Gasteiger charge is 2.40. The molecule has 1 saturated heterocycles. The maximum absolute atomic E-state index is 11.7. The highest BCUT2D eigenvalue weighted by atomic mass is 16.1. The quantitative estimate of drug-likeness (QED) is 0.809. The molecule has 3 heterocycles. The second-order valence-corrected chi connectivity index (χ2v) is 6.95. The van der Waals surface area contributed by atoms with Gasteiger partial charge in [0.25, 0.3) is 0 Å². The van der Waals surface area contributed by atoms with Gasteiger partial charge in [-0.05, 0) is 42.9 Å². The number of carbonyl (C=O) groups is 1. The van der Waals surface area contributed by atoms with Gasteiger partial charge in [0.15, 0.2) is 5.78 Å². The lowest BCUT2D eigenvalue weighted by molar-refractivity contribution is -0.115. The Bertz CT molecular complexity index is 801. The molecule has 5 rings (SSSR count). The molecule has 2 unspecified atom stereocenters. The van der Waals surface area contributed by atoms with Crippen molar-refractivity contribution < 1.29 is 4.79 Å². The number of para-hydroxylation sites is 1. The van der Waals surface area contributed by atoms with Crippen LogP contribution in [0.25, 0.3) is 10.9 Å². The van der Waals surface area contributed by atoms with Gasteiger partial charge in [-0.3, -0.25) is 9.69 Å². The van der Waals surface area contributed by atoms with Crippen LogP contribution < -0.4 is 0 Å². The summed E-state index contributed by atoms with van der Waals surface area (Å²) in [5.41, 5.74) is 5.59. The first-order valence-corrected chi connectivity index (χ1v) is 8.35. The molecule has 0 radical (unpaired) electrons. The van der Waals surface area contributed by atoms with Gasteiger partial charge in [0.1, 0.15) is 0 Å². The van der Waals surface area contributed by atoms with Crippen molar-refractivity contribution in [3.05, 3.63) is 47.2 Å². The number of ketones is 1. The molecule has 3 nitrogen and oxygen atoms in total. The minimum Gasteiger partial charge on any atom is -0.357 e. The first-order chi connectivity index (χ1) is 10.8. The third-order valence-corrected chi connectivity index (χ3v) is 5.82. The summed E-state index contributed by atoms with van der Waals surface area (Å²) in [7, 11) is 0. The number of piperidine rings is 1. The number of hydrogen-bond donors (Lipinski definition) is 1. The van der Waals surface area contributed by atoms with Crippen LogP contribution in [0.5, 0.6) is 0 Å². The second kappa shape index (κ2) is 4.56. The van der Waals surface area contributed by atoms with Gasteiger partial charge < -0.3 is 4.98 Å². The van der Waals surface area contributed by atoms with Gasteiger partial charge in [-0.2, -0.15) is 0 Å². The van der Waals surface area contributed by atoms with Gasteiger partial charge in [0.05, 0.1) is 0 Å². The van der Waals surface area contributed by atoms with E-state index < -0.39 is 0 Å². The molecule has 2 atom stereocenters. The van der Waals surface area contributed by atoms with Crippen LogP contribution in [-0.4, -0.2) is 28.3 Å². The molecule has 3 aliphatic rings. The molecule has 0 amide bonds. The van der Waals surface area contributed by atoms with Crippen LogP contribution in [0.4, 0.5) is 0 Å². The number of rotatable bonds is 0. The number of fused-ring (bicyclic) bond motifs is 6. The first-order valence-electron chi connectivity index (χ1n) is 8.35. The van der Waals surface area contributed by atoms with Crippen LogP contribution >= 0.6 is 0 Å². The fourth-order valence-electron chi connectivity index (χ4n) is 4.76. The molecule has 1 aliphatic carbocycles. The van der Waals surface area contributed by atoms with Crippen molar-refractivity contribution in [1.29, 1.82) is 0 Å². The molecule has 0 saturated carbocycles. The Morgan fingerprint density at radius 3 is 3.05 bits per heavy atom. The predicted molar refractivity (Wildman–Crippen MR) is 86.6 cm³/mol. The van der Waals surface area contributed by atoms with Gasteiger partial charge in [-0.15, -0.1) is 0 Å². The fourth-order valence-corrected chi connectivity index (χ4v) is 4.76. The summed E-state index contributed by atoms with van der Waals surface area (Å²) < 4.78 is 0. The summed E-state index contributed by atoms with van der Waals surface area (Å²) in [6, 6.07) is 9.24. The summed E-state index contributed by atoms with van der Waals surface area (Å²) in [4.78, 5) is 18.0. The molecule has 1 fully saturated rings. The van der Waals surface area contributed by atoms with E-state index in [1.165, 1.54) is 27.7 Å². The Kier molecular flexibility index (Phi) is 2.62. The minimum atomic E-state index is 0.336. The first kappa shape index (κ1) is 12.7. The van der Waals surface area contributed by atoms with E-state index in [1.807, 2.05) is 6.08 Å². The molecular weight excluding hydrogens is 272 g/mol. The average Bonchev–Trinajstić information content (AvgIpc) is 2.90. The third-order valence-electron chi connectivity index (χ3n) is 5.82. The summed E-state index contributed by atoms with van der Waals surface area (Å²) in [6.45, 7) is 2.13. The van der Waals surface area contributed by atoms with E-state index in [9.17, 15) is 4.79 Å². The summed E-state index contributed by atoms with van der Waals surface area (Å²) in [5.74, 6) is 0.927. The summed E-state index contributed by atoms with van der Waals surface area (Å²) in [6.07, 6.45) is 5.93. The Hall–Kier alpha value is -1.87. The van der Waals surface area contributed by atoms with E-state index in [-0.39, 0.29) is 0 Å². The zero-order valence-corrected chi connectivity index (χ0v) is 12.6. The van der Waals surface area contributed by atoms with Crippen LogP contribution in [0.3, 0.4) is 0 Å². The number of carbonyl (C=O) groups excluding carboxylic acids is 1. The normalized spacial score (nSPS) is 28.0. The largest absolute Gasteiger partial charge is 0.357 e. The van der Waals surface area contributed by atoms with Crippen LogP contribution in [-0.2, 0) is 17.8 Å². The predicted octanol–water partition coefficient (Wildman–Crippen LogP) is 3.20. The highest BCUT2D eigenvalue weighted by Crippen LogP contribution is 2.41. The molecule has 3 heteroatoms. The fraction of sp³-hybridized carbons (Fsp3) is 0.421. The molecule has 1 aromatic carbocycles. The lowest BCUT2D eigenvalue weighted by atomic mass is 9.74. The Morgan fingerprint density at radius 1 is 1.18 bits per heavy atom. The lowest BCUT2D eigenvalue weighted by Crippen LogP contribution is -2.50. The summed E-state index contributed by atoms with van der Waals surface area (Å²) >= 11 is 0. The standard InChI is InChI=1S/C19H20N2O/c22-13-5-6-14-12(9-13)7-8-21-11-18-16(10-19(14)21)15-3-1-2-4-17(15)20-18/h1-4,9,14,19-20H,5-8,10-11H2. The SMILES string of the molecule is O=C1C=C2CCN3Cc4[nH]c5ccccc5c4CC3C2CC1. The van der Waals surface area contributed by atoms with Crippen LogP contribution in [0.2, 0.25) is 0 Å². The molecule has 1 aromatic heterocycles.